The summed E-state index contributed by atoms with van der Waals surface area (Å²) < 4.78 is 0. The molecule has 0 aliphatic carbocycles. The highest BCUT2D eigenvalue weighted by Crippen LogP contribution is 1.99. The molecule has 3 N–H and O–H groups in total. The van der Waals surface area contributed by atoms with Crippen LogP contribution in [0.2, 0.25) is 0 Å². The lowest BCUT2D eigenvalue weighted by Gasteiger charge is -2.06. The lowest BCUT2D eigenvalue weighted by atomic mass is 10.2. The summed E-state index contributed by atoms with van der Waals surface area (Å²) >= 11 is 0. The number of carbonyl (C=O) groups is 3. The number of carbonyl (C=O) groups excluding carboxylic acids is 2. The summed E-state index contributed by atoms with van der Waals surface area (Å²) in [7, 11) is 0. The van der Waals surface area contributed by atoms with Gasteiger partial charge in [0.1, 0.15) is 0 Å². The van der Waals surface area contributed by atoms with Crippen molar-refractivity contribution in [2.24, 2.45) is 0 Å². The van der Waals surface area contributed by atoms with Gasteiger partial charge in [0.2, 0.25) is 5.91 Å². The van der Waals surface area contributed by atoms with Gasteiger partial charge in [-0.1, -0.05) is 19.8 Å². The predicted molar refractivity (Wildman–Crippen MR) is 67.2 cm³/mol. The van der Waals surface area contributed by atoms with Crippen molar-refractivity contribution >= 4 is 17.9 Å². The van der Waals surface area contributed by atoms with E-state index in [0.717, 1.165) is 19.3 Å². The maximum absolute atomic E-state index is 11.3. The number of amides is 3. The number of nitrogens with one attached hydrogen (secondary N) is 2. The molecule has 6 heteroatoms. The molecule has 0 aliphatic rings. The van der Waals surface area contributed by atoms with Gasteiger partial charge >= 0.3 is 12.0 Å². The van der Waals surface area contributed by atoms with E-state index in [1.807, 2.05) is 0 Å². The zero-order valence-corrected chi connectivity index (χ0v) is 10.8. The van der Waals surface area contributed by atoms with Crippen molar-refractivity contribution in [2.45, 2.75) is 51.9 Å². The second kappa shape index (κ2) is 10.6. The average molecular weight is 258 g/mol. The number of carboxylic acids is 1. The van der Waals surface area contributed by atoms with E-state index in [2.05, 4.69) is 17.6 Å². The van der Waals surface area contributed by atoms with Gasteiger partial charge < -0.3 is 10.4 Å². The molecule has 0 radical (unpaired) electrons. The SMILES string of the molecule is CCCCCNC(=O)NC(=O)CCCCC(=O)O. The van der Waals surface area contributed by atoms with E-state index in [1.54, 1.807) is 0 Å². The fourth-order valence-electron chi connectivity index (χ4n) is 1.37. The summed E-state index contributed by atoms with van der Waals surface area (Å²) in [4.78, 5) is 32.7. The standard InChI is InChI=1S/C12H22N2O4/c1-2-3-6-9-13-12(18)14-10(15)7-4-5-8-11(16)17/h2-9H2,1H3,(H,16,17)(H2,13,14,15,18). The minimum absolute atomic E-state index is 0.0521. The molecular formula is C12H22N2O4. The third-order valence-electron chi connectivity index (χ3n) is 2.36. The molecule has 0 fully saturated rings. The van der Waals surface area contributed by atoms with Crippen LogP contribution in [0.3, 0.4) is 0 Å². The number of hydrogen-bond acceptors (Lipinski definition) is 3. The fourth-order valence-corrected chi connectivity index (χ4v) is 1.37. The Bertz CT molecular complexity index is 279. The molecule has 18 heavy (non-hydrogen) atoms. The maximum atomic E-state index is 11.3. The normalized spacial score (nSPS) is 9.83. The molecule has 6 nitrogen and oxygen atoms in total. The van der Waals surface area contributed by atoms with Crippen LogP contribution in [-0.4, -0.2) is 29.6 Å². The number of aliphatic carboxylic acids is 1. The largest absolute Gasteiger partial charge is 0.481 e. The molecule has 0 aromatic rings. The minimum Gasteiger partial charge on any atom is -0.481 e. The van der Waals surface area contributed by atoms with Crippen molar-refractivity contribution in [3.8, 4) is 0 Å². The van der Waals surface area contributed by atoms with Crippen LogP contribution >= 0.6 is 0 Å². The average Bonchev–Trinajstić information content (AvgIpc) is 2.30. The second-order valence-electron chi connectivity index (χ2n) is 4.11. The van der Waals surface area contributed by atoms with Crippen LogP contribution in [0.1, 0.15) is 51.9 Å². The van der Waals surface area contributed by atoms with Crippen LogP contribution in [0.5, 0.6) is 0 Å². The molecule has 0 saturated heterocycles. The number of unbranched alkanes of at least 4 members (excludes halogenated alkanes) is 3. The summed E-state index contributed by atoms with van der Waals surface area (Å²) in [6, 6.07) is -0.477. The van der Waals surface area contributed by atoms with Crippen LogP contribution in [0.15, 0.2) is 0 Å². The van der Waals surface area contributed by atoms with Crippen molar-refractivity contribution in [3.63, 3.8) is 0 Å². The van der Waals surface area contributed by atoms with Crippen molar-refractivity contribution in [1.82, 2.24) is 10.6 Å². The third-order valence-corrected chi connectivity index (χ3v) is 2.36. The van der Waals surface area contributed by atoms with E-state index >= 15 is 0 Å². The van der Waals surface area contributed by atoms with Crippen LogP contribution < -0.4 is 10.6 Å². The highest BCUT2D eigenvalue weighted by Gasteiger charge is 2.07. The zero-order valence-electron chi connectivity index (χ0n) is 10.8. The molecule has 0 saturated carbocycles. The van der Waals surface area contributed by atoms with Crippen molar-refractivity contribution < 1.29 is 19.5 Å². The highest BCUT2D eigenvalue weighted by molar-refractivity contribution is 5.94. The molecule has 0 bridgehead atoms. The van der Waals surface area contributed by atoms with Crippen LogP contribution in [0, 0.1) is 0 Å². The van der Waals surface area contributed by atoms with Crippen molar-refractivity contribution in [3.05, 3.63) is 0 Å². The maximum Gasteiger partial charge on any atom is 0.321 e. The topological polar surface area (TPSA) is 95.5 Å². The van der Waals surface area contributed by atoms with Crippen LogP contribution in [0.25, 0.3) is 0 Å². The van der Waals surface area contributed by atoms with Gasteiger partial charge in [0.05, 0.1) is 0 Å². The Balaban J connectivity index is 3.49. The molecule has 3 amide bonds. The fraction of sp³-hybridized carbons (Fsp3) is 0.750. The molecule has 0 aromatic heterocycles. The molecule has 0 spiro atoms. The van der Waals surface area contributed by atoms with E-state index in [9.17, 15) is 14.4 Å². The van der Waals surface area contributed by atoms with E-state index in [0.29, 0.717) is 19.4 Å². The van der Waals surface area contributed by atoms with Crippen molar-refractivity contribution in [1.29, 1.82) is 0 Å². The van der Waals surface area contributed by atoms with Crippen LogP contribution in [-0.2, 0) is 9.59 Å². The lowest BCUT2D eigenvalue weighted by molar-refractivity contribution is -0.137. The molecule has 104 valence electrons. The Hall–Kier alpha value is -1.59. The summed E-state index contributed by atoms with van der Waals surface area (Å²) in [5, 5.41) is 13.2. The molecule has 0 heterocycles. The molecule has 0 rings (SSSR count). The highest BCUT2D eigenvalue weighted by atomic mass is 16.4. The van der Waals surface area contributed by atoms with Gasteiger partial charge in [-0.15, -0.1) is 0 Å². The number of hydrogen-bond donors (Lipinski definition) is 3. The summed E-state index contributed by atoms with van der Waals surface area (Å²) in [5.74, 6) is -1.24. The van der Waals surface area contributed by atoms with Gasteiger partial charge in [-0.25, -0.2) is 4.79 Å². The zero-order chi connectivity index (χ0) is 13.8. The Morgan fingerprint density at radius 3 is 2.28 bits per heavy atom. The summed E-state index contributed by atoms with van der Waals surface area (Å²) in [6.07, 6.45) is 4.17. The van der Waals surface area contributed by atoms with E-state index in [1.165, 1.54) is 0 Å². The van der Waals surface area contributed by atoms with Gasteiger partial charge in [0.25, 0.3) is 0 Å². The Morgan fingerprint density at radius 1 is 1.00 bits per heavy atom. The lowest BCUT2D eigenvalue weighted by Crippen LogP contribution is -2.39. The minimum atomic E-state index is -0.871. The van der Waals surface area contributed by atoms with E-state index < -0.39 is 12.0 Å². The molecule has 0 aliphatic heterocycles. The van der Waals surface area contributed by atoms with Gasteiger partial charge in [0.15, 0.2) is 0 Å². The third kappa shape index (κ3) is 10.9. The van der Waals surface area contributed by atoms with Crippen LogP contribution in [0.4, 0.5) is 4.79 Å². The van der Waals surface area contributed by atoms with Gasteiger partial charge in [-0.2, -0.15) is 0 Å². The Kier molecular flexibility index (Phi) is 9.62. The first-order valence-corrected chi connectivity index (χ1v) is 6.35. The summed E-state index contributed by atoms with van der Waals surface area (Å²) in [5.41, 5.74) is 0. The number of rotatable bonds is 9. The predicted octanol–water partition coefficient (Wildman–Crippen LogP) is 1.65. The molecule has 0 atom stereocenters. The quantitative estimate of drug-likeness (QED) is 0.548. The first-order chi connectivity index (χ1) is 8.56. The number of imide groups is 1. The summed E-state index contributed by atoms with van der Waals surface area (Å²) in [6.45, 7) is 2.63. The Morgan fingerprint density at radius 2 is 1.67 bits per heavy atom. The van der Waals surface area contributed by atoms with Crippen molar-refractivity contribution in [2.75, 3.05) is 6.54 Å². The number of urea groups is 1. The van der Waals surface area contributed by atoms with E-state index in [-0.39, 0.29) is 18.7 Å². The molecule has 0 aromatic carbocycles. The van der Waals surface area contributed by atoms with Gasteiger partial charge in [0, 0.05) is 19.4 Å². The van der Waals surface area contributed by atoms with Gasteiger partial charge in [-0.05, 0) is 19.3 Å². The first kappa shape index (κ1) is 16.4. The first-order valence-electron chi connectivity index (χ1n) is 6.35. The monoisotopic (exact) mass is 258 g/mol. The number of carboxylic acid groups (broad SMARTS) is 1. The second-order valence-corrected chi connectivity index (χ2v) is 4.11. The molecule has 0 unspecified atom stereocenters. The Labute approximate surface area is 107 Å². The molecular weight excluding hydrogens is 236 g/mol. The van der Waals surface area contributed by atoms with E-state index in [4.69, 9.17) is 5.11 Å². The smallest absolute Gasteiger partial charge is 0.321 e. The van der Waals surface area contributed by atoms with Gasteiger partial charge in [-0.3, -0.25) is 14.9 Å².